The summed E-state index contributed by atoms with van der Waals surface area (Å²) in [4.78, 5) is 41.7. The molecule has 8 nitrogen and oxygen atoms in total. The molecule has 0 radical (unpaired) electrons. The number of aliphatic carboxylic acids is 2. The molecule has 0 bridgehead atoms. The molecule has 0 aromatic heterocycles. The van der Waals surface area contributed by atoms with Crippen molar-refractivity contribution in [2.75, 3.05) is 13.1 Å². The van der Waals surface area contributed by atoms with Gasteiger partial charge in [-0.2, -0.15) is 0 Å². The van der Waals surface area contributed by atoms with Gasteiger partial charge in [0.05, 0.1) is 0 Å². The van der Waals surface area contributed by atoms with E-state index in [4.69, 9.17) is 19.8 Å². The average Bonchev–Trinajstić information content (AvgIpc) is 2.99. The first-order valence-corrected chi connectivity index (χ1v) is 19.1. The van der Waals surface area contributed by atoms with Crippen molar-refractivity contribution in [1.29, 1.82) is 0 Å². The summed E-state index contributed by atoms with van der Waals surface area (Å²) in [5, 5.41) is 23.7. The number of carboxylic acids is 2. The van der Waals surface area contributed by atoms with Crippen LogP contribution in [-0.4, -0.2) is 36.8 Å². The Morgan fingerprint density at radius 3 is 0.729 bits per heavy atom. The molecule has 0 aliphatic rings. The van der Waals surface area contributed by atoms with Crippen molar-refractivity contribution < 1.29 is 88.5 Å². The molecule has 10 heteroatoms. The predicted octanol–water partition coefficient (Wildman–Crippen LogP) is 1.70. The SMILES string of the molecule is CC(=O)[O-].CC(=O)[O-].CCCCCCCCCCCCCCCC(=O)NCCNC(=O)CCCCCCCCCCCCCCC.[Na+].[Na+]. The van der Waals surface area contributed by atoms with Gasteiger partial charge in [0.2, 0.25) is 11.8 Å². The third kappa shape index (κ3) is 67.9. The molecule has 0 aliphatic carbocycles. The minimum Gasteiger partial charge on any atom is -0.550 e. The molecule has 0 saturated carbocycles. The average molecular weight is 701 g/mol. The van der Waals surface area contributed by atoms with Crippen molar-refractivity contribution >= 4 is 23.8 Å². The van der Waals surface area contributed by atoms with Crippen LogP contribution >= 0.6 is 0 Å². The number of nitrogens with one attached hydrogen (secondary N) is 2. The molecule has 0 rings (SSSR count). The molecule has 48 heavy (non-hydrogen) atoms. The molecule has 0 aromatic carbocycles. The minimum atomic E-state index is -1.08. The predicted molar refractivity (Wildman–Crippen MR) is 188 cm³/mol. The molecular weight excluding hydrogens is 626 g/mol. The molecule has 0 aromatic rings. The standard InChI is InChI=1S/C34H68N2O2.2C2H4O2.2Na/c1-3-5-7-9-11-13-15-17-19-21-23-25-27-29-33(37)35-31-32-36-34(38)30-28-26-24-22-20-18-16-14-12-10-8-6-4-2;2*1-2(3)4;;/h3-32H2,1-2H3,(H,35,37)(H,36,38);2*1H3,(H,3,4);;/q;;;2*+1/p-2. The van der Waals surface area contributed by atoms with Gasteiger partial charge in [-0.1, -0.05) is 168 Å². The summed E-state index contributed by atoms with van der Waals surface area (Å²) in [7, 11) is 0. The Morgan fingerprint density at radius 1 is 0.375 bits per heavy atom. The van der Waals surface area contributed by atoms with Crippen LogP contribution < -0.4 is 80.0 Å². The van der Waals surface area contributed by atoms with Crippen LogP contribution in [0.15, 0.2) is 0 Å². The van der Waals surface area contributed by atoms with Crippen LogP contribution in [0.2, 0.25) is 0 Å². The fraction of sp³-hybridized carbons (Fsp3) is 0.895. The molecule has 2 N–H and O–H groups in total. The molecule has 0 heterocycles. The fourth-order valence-corrected chi connectivity index (χ4v) is 5.19. The zero-order chi connectivity index (χ0) is 34.9. The number of unbranched alkanes of at least 4 members (excludes halogenated alkanes) is 24. The quantitative estimate of drug-likeness (QED) is 0.0835. The van der Waals surface area contributed by atoms with Gasteiger partial charge in [-0.3, -0.25) is 9.59 Å². The largest absolute Gasteiger partial charge is 1.00 e. The van der Waals surface area contributed by atoms with E-state index in [2.05, 4.69) is 24.5 Å². The number of rotatable bonds is 31. The third-order valence-electron chi connectivity index (χ3n) is 7.78. The van der Waals surface area contributed by atoms with Gasteiger partial charge in [-0.25, -0.2) is 0 Å². The van der Waals surface area contributed by atoms with E-state index in [-0.39, 0.29) is 70.9 Å². The molecular formula is C38H74N2Na2O6. The summed E-state index contributed by atoms with van der Waals surface area (Å²) in [5.74, 6) is -1.92. The first-order chi connectivity index (χ1) is 22.2. The number of amides is 2. The van der Waals surface area contributed by atoms with E-state index in [0.29, 0.717) is 25.9 Å². The first kappa shape index (κ1) is 57.2. The van der Waals surface area contributed by atoms with Gasteiger partial charge in [-0.15, -0.1) is 0 Å². The smallest absolute Gasteiger partial charge is 0.550 e. The number of carboxylic acid groups (broad SMARTS) is 2. The monoisotopic (exact) mass is 701 g/mol. The Hall–Kier alpha value is -0.120. The van der Waals surface area contributed by atoms with Crippen molar-refractivity contribution in [3.63, 3.8) is 0 Å². The molecule has 274 valence electrons. The maximum absolute atomic E-state index is 12.0. The molecule has 2 amide bonds. The Morgan fingerprint density at radius 2 is 0.542 bits per heavy atom. The van der Waals surface area contributed by atoms with E-state index >= 15 is 0 Å². The topological polar surface area (TPSA) is 138 Å². The van der Waals surface area contributed by atoms with Gasteiger partial charge in [0, 0.05) is 37.9 Å². The molecule has 0 saturated heterocycles. The Labute approximate surface area is 340 Å². The van der Waals surface area contributed by atoms with Crippen LogP contribution in [0.1, 0.15) is 207 Å². The van der Waals surface area contributed by atoms with Crippen LogP contribution in [0.4, 0.5) is 0 Å². The zero-order valence-electron chi connectivity index (χ0n) is 32.7. The van der Waals surface area contributed by atoms with Crippen molar-refractivity contribution in [3.05, 3.63) is 0 Å². The molecule has 0 unspecified atom stereocenters. The molecule has 0 aliphatic heterocycles. The summed E-state index contributed by atoms with van der Waals surface area (Å²) in [6.45, 7) is 7.58. The van der Waals surface area contributed by atoms with Crippen LogP contribution in [0.3, 0.4) is 0 Å². The second-order valence-electron chi connectivity index (χ2n) is 12.7. The number of carbonyl (C=O) groups is 4. The van der Waals surface area contributed by atoms with Gasteiger partial charge < -0.3 is 30.4 Å². The third-order valence-corrected chi connectivity index (χ3v) is 7.78. The van der Waals surface area contributed by atoms with E-state index in [1.165, 1.54) is 141 Å². The fourth-order valence-electron chi connectivity index (χ4n) is 5.19. The van der Waals surface area contributed by atoms with Gasteiger partial charge in [0.15, 0.2) is 0 Å². The van der Waals surface area contributed by atoms with Gasteiger partial charge in [0.25, 0.3) is 0 Å². The molecule has 0 atom stereocenters. The van der Waals surface area contributed by atoms with E-state index in [1.54, 1.807) is 0 Å². The Kier molecular flexibility index (Phi) is 61.1. The number of hydrogen-bond donors (Lipinski definition) is 2. The normalized spacial score (nSPS) is 9.83. The van der Waals surface area contributed by atoms with Crippen LogP contribution in [0.5, 0.6) is 0 Å². The van der Waals surface area contributed by atoms with Crippen molar-refractivity contribution in [2.45, 2.75) is 207 Å². The van der Waals surface area contributed by atoms with Crippen LogP contribution in [0.25, 0.3) is 0 Å². The maximum Gasteiger partial charge on any atom is 1.00 e. The van der Waals surface area contributed by atoms with E-state index in [1.807, 2.05) is 0 Å². The van der Waals surface area contributed by atoms with Gasteiger partial charge in [-0.05, 0) is 26.7 Å². The molecule has 0 spiro atoms. The van der Waals surface area contributed by atoms with Crippen LogP contribution in [-0.2, 0) is 19.2 Å². The number of carbonyl (C=O) groups excluding carboxylic acids is 4. The second kappa shape index (κ2) is 51.3. The molecule has 0 fully saturated rings. The summed E-state index contributed by atoms with van der Waals surface area (Å²) in [6, 6.07) is 0. The minimum absolute atomic E-state index is 0. The van der Waals surface area contributed by atoms with Crippen LogP contribution in [0, 0.1) is 0 Å². The van der Waals surface area contributed by atoms with Crippen molar-refractivity contribution in [1.82, 2.24) is 10.6 Å². The Bertz CT molecular complexity index is 620. The van der Waals surface area contributed by atoms with Crippen molar-refractivity contribution in [2.24, 2.45) is 0 Å². The van der Waals surface area contributed by atoms with E-state index < -0.39 is 11.9 Å². The van der Waals surface area contributed by atoms with Gasteiger partial charge in [0.1, 0.15) is 0 Å². The van der Waals surface area contributed by atoms with Gasteiger partial charge >= 0.3 is 59.1 Å². The zero-order valence-corrected chi connectivity index (χ0v) is 36.7. The van der Waals surface area contributed by atoms with E-state index in [0.717, 1.165) is 39.5 Å². The first-order valence-electron chi connectivity index (χ1n) is 19.1. The van der Waals surface area contributed by atoms with Crippen molar-refractivity contribution in [3.8, 4) is 0 Å². The summed E-state index contributed by atoms with van der Waals surface area (Å²) >= 11 is 0. The summed E-state index contributed by atoms with van der Waals surface area (Å²) in [6.07, 6.45) is 35.6. The summed E-state index contributed by atoms with van der Waals surface area (Å²) in [5.41, 5.74) is 0. The Balaban J connectivity index is -0.000000550. The summed E-state index contributed by atoms with van der Waals surface area (Å²) < 4.78 is 0. The number of hydrogen-bond acceptors (Lipinski definition) is 6. The second-order valence-corrected chi connectivity index (χ2v) is 12.7. The van der Waals surface area contributed by atoms with E-state index in [9.17, 15) is 9.59 Å². The maximum atomic E-state index is 12.0.